The average molecular weight is 282 g/mol. The third-order valence-corrected chi connectivity index (χ3v) is 4.81. The normalized spacial score (nSPS) is 25.7. The van der Waals surface area contributed by atoms with Crippen LogP contribution in [0, 0.1) is 5.92 Å². The monoisotopic (exact) mass is 282 g/mol. The molecule has 1 fully saturated rings. The number of aromatic amines is 1. The first-order valence-corrected chi connectivity index (χ1v) is 7.97. The zero-order valence-corrected chi connectivity index (χ0v) is 12.5. The highest BCUT2D eigenvalue weighted by atomic mass is 15.4. The fourth-order valence-electron chi connectivity index (χ4n) is 3.77. The Kier molecular flexibility index (Phi) is 3.19. The smallest absolute Gasteiger partial charge is 0.0803 e. The van der Waals surface area contributed by atoms with Gasteiger partial charge in [0, 0.05) is 53.8 Å². The number of hydrogen-bond donors (Lipinski definition) is 2. The van der Waals surface area contributed by atoms with E-state index in [1.165, 1.54) is 35.1 Å². The van der Waals surface area contributed by atoms with Crippen LogP contribution in [-0.2, 0) is 0 Å². The van der Waals surface area contributed by atoms with Crippen molar-refractivity contribution in [1.29, 1.82) is 0 Å². The highest BCUT2D eigenvalue weighted by Gasteiger charge is 2.37. The lowest BCUT2D eigenvalue weighted by Crippen LogP contribution is -2.42. The maximum Gasteiger partial charge on any atom is 0.0803 e. The Bertz CT molecular complexity index is 672. The molecular formula is C17H22N4. The van der Waals surface area contributed by atoms with Crippen LogP contribution in [0.4, 0.5) is 0 Å². The molecule has 0 radical (unpaired) electrons. The van der Waals surface area contributed by atoms with Gasteiger partial charge in [0.25, 0.3) is 0 Å². The molecule has 0 saturated carbocycles. The van der Waals surface area contributed by atoms with Crippen LogP contribution in [0.15, 0.2) is 35.6 Å². The van der Waals surface area contributed by atoms with Gasteiger partial charge in [0.05, 0.1) is 6.04 Å². The Morgan fingerprint density at radius 2 is 2.24 bits per heavy atom. The number of H-pyrrole nitrogens is 1. The molecule has 0 bridgehead atoms. The molecule has 4 rings (SSSR count). The summed E-state index contributed by atoms with van der Waals surface area (Å²) in [4.78, 5) is 5.97. The van der Waals surface area contributed by atoms with Gasteiger partial charge in [-0.3, -0.25) is 0 Å². The number of rotatable bonds is 3. The van der Waals surface area contributed by atoms with E-state index in [2.05, 4.69) is 57.8 Å². The molecule has 2 unspecified atom stereocenters. The number of benzene rings is 1. The summed E-state index contributed by atoms with van der Waals surface area (Å²) in [5.74, 6) is 0.518. The summed E-state index contributed by atoms with van der Waals surface area (Å²) >= 11 is 0. The topological polar surface area (TPSA) is 43.4 Å². The Balaban J connectivity index is 1.64. The summed E-state index contributed by atoms with van der Waals surface area (Å²) < 4.78 is 0. The molecule has 1 aromatic carbocycles. The number of aromatic nitrogens is 1. The van der Waals surface area contributed by atoms with Crippen molar-refractivity contribution in [3.63, 3.8) is 0 Å². The van der Waals surface area contributed by atoms with Crippen molar-refractivity contribution in [2.24, 2.45) is 11.0 Å². The molecule has 1 aromatic heterocycles. The summed E-state index contributed by atoms with van der Waals surface area (Å²) in [6.07, 6.45) is 4.49. The van der Waals surface area contributed by atoms with Crippen LogP contribution in [0.1, 0.15) is 31.4 Å². The minimum atomic E-state index is 0.316. The molecular weight excluding hydrogens is 260 g/mol. The predicted octanol–water partition coefficient (Wildman–Crippen LogP) is 2.90. The van der Waals surface area contributed by atoms with Crippen molar-refractivity contribution >= 4 is 16.6 Å². The minimum absolute atomic E-state index is 0.316. The van der Waals surface area contributed by atoms with Crippen molar-refractivity contribution in [3.05, 3.63) is 36.0 Å². The van der Waals surface area contributed by atoms with Gasteiger partial charge in [-0.15, -0.1) is 0 Å². The van der Waals surface area contributed by atoms with Crippen LogP contribution in [0.25, 0.3) is 10.9 Å². The lowest BCUT2D eigenvalue weighted by atomic mass is 9.86. The lowest BCUT2D eigenvalue weighted by Gasteiger charge is -2.33. The average Bonchev–Trinajstić information content (AvgIpc) is 3.10. The molecule has 2 atom stereocenters. The quantitative estimate of drug-likeness (QED) is 0.909. The molecule has 0 amide bonds. The van der Waals surface area contributed by atoms with Crippen LogP contribution in [0.2, 0.25) is 0 Å². The molecule has 1 saturated heterocycles. The Labute approximate surface area is 125 Å². The number of hydrogen-bond acceptors (Lipinski definition) is 3. The number of hydrazone groups is 1. The van der Waals surface area contributed by atoms with E-state index in [4.69, 9.17) is 0 Å². The summed E-state index contributed by atoms with van der Waals surface area (Å²) in [5.41, 5.74) is 7.32. The highest BCUT2D eigenvalue weighted by molar-refractivity contribution is 5.91. The molecule has 0 spiro atoms. The zero-order valence-electron chi connectivity index (χ0n) is 12.5. The van der Waals surface area contributed by atoms with Gasteiger partial charge in [0.2, 0.25) is 0 Å². The highest BCUT2D eigenvalue weighted by Crippen LogP contribution is 2.35. The third kappa shape index (κ3) is 2.14. The molecule has 110 valence electrons. The predicted molar refractivity (Wildman–Crippen MR) is 86.4 cm³/mol. The van der Waals surface area contributed by atoms with Gasteiger partial charge in [-0.25, -0.2) is 0 Å². The molecule has 2 aliphatic heterocycles. The van der Waals surface area contributed by atoms with Crippen LogP contribution in [0.3, 0.4) is 0 Å². The second-order valence-electron chi connectivity index (χ2n) is 6.16. The molecule has 2 aromatic rings. The van der Waals surface area contributed by atoms with Gasteiger partial charge < -0.3 is 15.3 Å². The first-order chi connectivity index (χ1) is 10.4. The molecule has 2 aliphatic rings. The number of para-hydroxylation sites is 1. The Morgan fingerprint density at radius 3 is 3.14 bits per heavy atom. The molecule has 4 heteroatoms. The standard InChI is InChI=1S/C17H22N4/c1-2-8-21-9-7-16-14(11-21)17(20-19-16)13-10-18-15-6-4-3-5-12(13)15/h3-6,10,14,17-18,20H,2,7-9,11H2,1H3. The van der Waals surface area contributed by atoms with Crippen molar-refractivity contribution in [3.8, 4) is 0 Å². The molecule has 4 nitrogen and oxygen atoms in total. The van der Waals surface area contributed by atoms with Gasteiger partial charge in [-0.05, 0) is 19.0 Å². The maximum atomic E-state index is 4.62. The van der Waals surface area contributed by atoms with Gasteiger partial charge >= 0.3 is 0 Å². The number of fused-ring (bicyclic) bond motifs is 2. The van der Waals surface area contributed by atoms with Crippen molar-refractivity contribution in [1.82, 2.24) is 15.3 Å². The van der Waals surface area contributed by atoms with E-state index in [1.807, 2.05) is 0 Å². The number of nitrogens with one attached hydrogen (secondary N) is 2. The minimum Gasteiger partial charge on any atom is -0.361 e. The summed E-state index contributed by atoms with van der Waals surface area (Å²) in [7, 11) is 0. The number of likely N-dealkylation sites (tertiary alicyclic amines) is 1. The summed E-state index contributed by atoms with van der Waals surface area (Å²) in [5, 5.41) is 5.94. The molecule has 21 heavy (non-hydrogen) atoms. The van der Waals surface area contributed by atoms with E-state index in [1.54, 1.807) is 0 Å². The van der Waals surface area contributed by atoms with Crippen molar-refractivity contribution in [2.75, 3.05) is 19.6 Å². The number of nitrogens with zero attached hydrogens (tertiary/aromatic N) is 2. The van der Waals surface area contributed by atoms with E-state index in [-0.39, 0.29) is 0 Å². The summed E-state index contributed by atoms with van der Waals surface area (Å²) in [6.45, 7) is 5.74. The second kappa shape index (κ2) is 5.19. The summed E-state index contributed by atoms with van der Waals surface area (Å²) in [6, 6.07) is 8.85. The van der Waals surface area contributed by atoms with Crippen molar-refractivity contribution in [2.45, 2.75) is 25.8 Å². The zero-order chi connectivity index (χ0) is 14.2. The van der Waals surface area contributed by atoms with E-state index in [0.29, 0.717) is 12.0 Å². The van der Waals surface area contributed by atoms with E-state index in [9.17, 15) is 0 Å². The number of piperidine rings is 1. The van der Waals surface area contributed by atoms with Crippen LogP contribution >= 0.6 is 0 Å². The lowest BCUT2D eigenvalue weighted by molar-refractivity contribution is 0.228. The van der Waals surface area contributed by atoms with Crippen LogP contribution in [-0.4, -0.2) is 35.2 Å². The van der Waals surface area contributed by atoms with Gasteiger partial charge in [0.15, 0.2) is 0 Å². The fraction of sp³-hybridized carbons (Fsp3) is 0.471. The molecule has 3 heterocycles. The second-order valence-corrected chi connectivity index (χ2v) is 6.16. The van der Waals surface area contributed by atoms with Gasteiger partial charge in [-0.1, -0.05) is 25.1 Å². The van der Waals surface area contributed by atoms with E-state index < -0.39 is 0 Å². The van der Waals surface area contributed by atoms with Gasteiger partial charge in [-0.2, -0.15) is 5.10 Å². The first-order valence-electron chi connectivity index (χ1n) is 7.97. The third-order valence-electron chi connectivity index (χ3n) is 4.81. The fourth-order valence-corrected chi connectivity index (χ4v) is 3.77. The SMILES string of the molecule is CCCN1CCC2=NNC(c3c[nH]c4ccccc34)C2C1. The Hall–Kier alpha value is -1.81. The first kappa shape index (κ1) is 12.9. The Morgan fingerprint density at radius 1 is 1.33 bits per heavy atom. The maximum absolute atomic E-state index is 4.62. The van der Waals surface area contributed by atoms with Gasteiger partial charge in [0.1, 0.15) is 0 Å². The molecule has 0 aliphatic carbocycles. The van der Waals surface area contributed by atoms with Crippen LogP contribution < -0.4 is 5.43 Å². The van der Waals surface area contributed by atoms with E-state index in [0.717, 1.165) is 19.5 Å². The molecule has 2 N–H and O–H groups in total. The van der Waals surface area contributed by atoms with Crippen molar-refractivity contribution < 1.29 is 0 Å². The van der Waals surface area contributed by atoms with Crippen LogP contribution in [0.5, 0.6) is 0 Å². The van der Waals surface area contributed by atoms with E-state index >= 15 is 0 Å². The largest absolute Gasteiger partial charge is 0.361 e.